The quantitative estimate of drug-likeness (QED) is 0.905. The second-order valence-electron chi connectivity index (χ2n) is 6.80. The van der Waals surface area contributed by atoms with Crippen LogP contribution in [-0.4, -0.2) is 52.5 Å². The van der Waals surface area contributed by atoms with Crippen molar-refractivity contribution in [2.24, 2.45) is 0 Å². The largest absolute Gasteiger partial charge is 0.378 e. The van der Waals surface area contributed by atoms with Crippen LogP contribution in [0.3, 0.4) is 0 Å². The highest BCUT2D eigenvalue weighted by Crippen LogP contribution is 2.20. The van der Waals surface area contributed by atoms with E-state index in [0.29, 0.717) is 18.7 Å². The molecule has 1 unspecified atom stereocenters. The predicted molar refractivity (Wildman–Crippen MR) is 84.0 cm³/mol. The molecule has 2 rings (SSSR count). The van der Waals surface area contributed by atoms with E-state index < -0.39 is 6.10 Å². The van der Waals surface area contributed by atoms with Crippen molar-refractivity contribution in [2.45, 2.75) is 39.3 Å². The summed E-state index contributed by atoms with van der Waals surface area (Å²) in [4.78, 5) is 16.5. The molecule has 1 saturated heterocycles. The monoisotopic (exact) mass is 290 g/mol. The number of carbonyl (C=O) groups is 1. The van der Waals surface area contributed by atoms with Crippen LogP contribution in [0, 0.1) is 6.92 Å². The zero-order chi connectivity index (χ0) is 15.6. The van der Waals surface area contributed by atoms with Gasteiger partial charge in [-0.1, -0.05) is 29.8 Å². The van der Waals surface area contributed by atoms with E-state index in [9.17, 15) is 9.90 Å². The van der Waals surface area contributed by atoms with Crippen LogP contribution in [0.4, 0.5) is 0 Å². The molecule has 1 heterocycles. The second-order valence-corrected chi connectivity index (χ2v) is 6.80. The molecule has 116 valence electrons. The number of benzene rings is 1. The van der Waals surface area contributed by atoms with Crippen LogP contribution in [0.25, 0.3) is 0 Å². The molecule has 21 heavy (non-hydrogen) atoms. The number of aryl methyl sites for hydroxylation is 1. The fourth-order valence-electron chi connectivity index (χ4n) is 2.66. The number of aliphatic hydroxyl groups is 1. The number of hydrogen-bond donors (Lipinski definition) is 1. The van der Waals surface area contributed by atoms with Crippen LogP contribution in [-0.2, 0) is 4.79 Å². The van der Waals surface area contributed by atoms with Gasteiger partial charge in [-0.2, -0.15) is 0 Å². The third-order valence-corrected chi connectivity index (χ3v) is 4.17. The van der Waals surface area contributed by atoms with Crippen molar-refractivity contribution in [3.05, 3.63) is 35.4 Å². The molecule has 0 saturated carbocycles. The summed E-state index contributed by atoms with van der Waals surface area (Å²) in [6.45, 7) is 11.6. The average molecular weight is 290 g/mol. The minimum atomic E-state index is -1.05. The molecule has 1 atom stereocenters. The Morgan fingerprint density at radius 2 is 1.62 bits per heavy atom. The summed E-state index contributed by atoms with van der Waals surface area (Å²) in [7, 11) is 0. The molecule has 0 bridgehead atoms. The van der Waals surface area contributed by atoms with Gasteiger partial charge in [0.2, 0.25) is 0 Å². The van der Waals surface area contributed by atoms with E-state index in [2.05, 4.69) is 25.7 Å². The van der Waals surface area contributed by atoms with Gasteiger partial charge in [-0.05, 0) is 33.3 Å². The predicted octanol–water partition coefficient (Wildman–Crippen LogP) is 1.97. The zero-order valence-corrected chi connectivity index (χ0v) is 13.5. The lowest BCUT2D eigenvalue weighted by Crippen LogP contribution is -2.55. The number of nitrogens with zero attached hydrogens (tertiary/aromatic N) is 2. The Bertz CT molecular complexity index is 483. The van der Waals surface area contributed by atoms with Crippen molar-refractivity contribution in [1.82, 2.24) is 9.80 Å². The van der Waals surface area contributed by atoms with Crippen LogP contribution in [0.2, 0.25) is 0 Å². The summed E-state index contributed by atoms with van der Waals surface area (Å²) in [5.41, 5.74) is 1.92. The lowest BCUT2D eigenvalue weighted by atomic mass is 10.0. The Morgan fingerprint density at radius 1 is 1.10 bits per heavy atom. The topological polar surface area (TPSA) is 43.8 Å². The van der Waals surface area contributed by atoms with Gasteiger partial charge in [-0.15, -0.1) is 0 Å². The van der Waals surface area contributed by atoms with E-state index in [1.165, 1.54) is 0 Å². The van der Waals surface area contributed by atoms with Crippen molar-refractivity contribution in [3.8, 4) is 0 Å². The number of amides is 1. The summed E-state index contributed by atoms with van der Waals surface area (Å²) in [5, 5.41) is 10.3. The van der Waals surface area contributed by atoms with Crippen molar-refractivity contribution >= 4 is 5.91 Å². The fraction of sp³-hybridized carbons (Fsp3) is 0.588. The molecule has 1 fully saturated rings. The van der Waals surface area contributed by atoms with Gasteiger partial charge in [0.1, 0.15) is 0 Å². The molecule has 0 aromatic heterocycles. The van der Waals surface area contributed by atoms with Gasteiger partial charge in [0, 0.05) is 31.7 Å². The van der Waals surface area contributed by atoms with Gasteiger partial charge in [-0.25, -0.2) is 0 Å². The number of carbonyl (C=O) groups excluding carboxylic acids is 1. The van der Waals surface area contributed by atoms with Gasteiger partial charge in [0.15, 0.2) is 6.10 Å². The average Bonchev–Trinajstić information content (AvgIpc) is 2.46. The summed E-state index contributed by atoms with van der Waals surface area (Å²) < 4.78 is 0. The smallest absolute Gasteiger partial charge is 0.256 e. The first-order valence-corrected chi connectivity index (χ1v) is 7.57. The minimum Gasteiger partial charge on any atom is -0.378 e. The zero-order valence-electron chi connectivity index (χ0n) is 13.5. The molecule has 1 aliphatic rings. The lowest BCUT2D eigenvalue weighted by Gasteiger charge is -2.42. The second kappa shape index (κ2) is 6.16. The molecule has 0 radical (unpaired) electrons. The van der Waals surface area contributed by atoms with Gasteiger partial charge in [0.05, 0.1) is 0 Å². The van der Waals surface area contributed by atoms with Gasteiger partial charge < -0.3 is 10.0 Å². The molecular weight excluding hydrogens is 264 g/mol. The Hall–Kier alpha value is -1.39. The van der Waals surface area contributed by atoms with Crippen LogP contribution < -0.4 is 0 Å². The maximum atomic E-state index is 12.4. The molecule has 1 aromatic carbocycles. The number of aliphatic hydroxyl groups excluding tert-OH is 1. The molecule has 1 aliphatic heterocycles. The lowest BCUT2D eigenvalue weighted by molar-refractivity contribution is -0.143. The molecule has 0 aliphatic carbocycles. The first-order chi connectivity index (χ1) is 9.79. The minimum absolute atomic E-state index is 0.130. The molecule has 1 aromatic rings. The van der Waals surface area contributed by atoms with E-state index in [0.717, 1.165) is 18.7 Å². The Kier molecular flexibility index (Phi) is 4.69. The standard InChI is InChI=1S/C17H26N2O2/c1-13-5-7-14(8-6-13)15(20)16(21)18-9-11-19(12-10-18)17(2,3)4/h5-8,15,20H,9-12H2,1-4H3. The summed E-state index contributed by atoms with van der Waals surface area (Å²) in [6, 6.07) is 7.49. The third kappa shape index (κ3) is 3.83. The maximum Gasteiger partial charge on any atom is 0.256 e. The molecule has 0 spiro atoms. The van der Waals surface area contributed by atoms with Crippen molar-refractivity contribution in [1.29, 1.82) is 0 Å². The molecule has 4 nitrogen and oxygen atoms in total. The maximum absolute atomic E-state index is 12.4. The number of hydrogen-bond acceptors (Lipinski definition) is 3. The molecular formula is C17H26N2O2. The Morgan fingerprint density at radius 3 is 2.10 bits per heavy atom. The van der Waals surface area contributed by atoms with Gasteiger partial charge in [0.25, 0.3) is 5.91 Å². The Balaban J connectivity index is 1.97. The highest BCUT2D eigenvalue weighted by atomic mass is 16.3. The number of rotatable bonds is 2. The molecule has 1 amide bonds. The third-order valence-electron chi connectivity index (χ3n) is 4.17. The van der Waals surface area contributed by atoms with E-state index in [-0.39, 0.29) is 11.4 Å². The highest BCUT2D eigenvalue weighted by molar-refractivity contribution is 5.82. The summed E-state index contributed by atoms with van der Waals surface area (Å²) in [5.74, 6) is -0.188. The van der Waals surface area contributed by atoms with Gasteiger partial charge in [-0.3, -0.25) is 9.69 Å². The summed E-state index contributed by atoms with van der Waals surface area (Å²) >= 11 is 0. The van der Waals surface area contributed by atoms with E-state index in [4.69, 9.17) is 0 Å². The van der Waals surface area contributed by atoms with Crippen molar-refractivity contribution in [3.63, 3.8) is 0 Å². The van der Waals surface area contributed by atoms with Crippen LogP contribution in [0.1, 0.15) is 38.0 Å². The van der Waals surface area contributed by atoms with Crippen molar-refractivity contribution in [2.75, 3.05) is 26.2 Å². The molecule has 1 N–H and O–H groups in total. The van der Waals surface area contributed by atoms with E-state index in [1.807, 2.05) is 31.2 Å². The first kappa shape index (κ1) is 16.0. The highest BCUT2D eigenvalue weighted by Gasteiger charge is 2.30. The van der Waals surface area contributed by atoms with Crippen LogP contribution >= 0.6 is 0 Å². The first-order valence-electron chi connectivity index (χ1n) is 7.57. The van der Waals surface area contributed by atoms with E-state index in [1.54, 1.807) is 4.90 Å². The normalized spacial score (nSPS) is 18.6. The summed E-state index contributed by atoms with van der Waals surface area (Å²) in [6.07, 6.45) is -1.05. The fourth-order valence-corrected chi connectivity index (χ4v) is 2.66. The SMILES string of the molecule is Cc1ccc(C(O)C(=O)N2CCN(C(C)(C)C)CC2)cc1. The van der Waals surface area contributed by atoms with Crippen LogP contribution in [0.15, 0.2) is 24.3 Å². The van der Waals surface area contributed by atoms with Crippen LogP contribution in [0.5, 0.6) is 0 Å². The number of piperazine rings is 1. The van der Waals surface area contributed by atoms with Gasteiger partial charge >= 0.3 is 0 Å². The van der Waals surface area contributed by atoms with Crippen molar-refractivity contribution < 1.29 is 9.90 Å². The Labute approximate surface area is 127 Å². The van der Waals surface area contributed by atoms with E-state index >= 15 is 0 Å². The molecule has 4 heteroatoms.